The average molecular weight is 189 g/mol. The first-order valence-electron chi connectivity index (χ1n) is 4.49. The summed E-state index contributed by atoms with van der Waals surface area (Å²) in [7, 11) is 0. The number of rotatable bonds is 2. The SMILES string of the molecule is CCC1CCCCN1CC#N.Cl. The lowest BCUT2D eigenvalue weighted by atomic mass is 10.0. The van der Waals surface area contributed by atoms with Gasteiger partial charge in [-0.25, -0.2) is 0 Å². The van der Waals surface area contributed by atoms with E-state index in [1.165, 1.54) is 25.7 Å². The van der Waals surface area contributed by atoms with Crippen LogP contribution in [0, 0.1) is 11.3 Å². The summed E-state index contributed by atoms with van der Waals surface area (Å²) in [5, 5.41) is 8.54. The Hall–Kier alpha value is -0.260. The second-order valence-corrected chi connectivity index (χ2v) is 3.19. The van der Waals surface area contributed by atoms with Gasteiger partial charge in [0.1, 0.15) is 0 Å². The molecular weight excluding hydrogens is 172 g/mol. The minimum atomic E-state index is 0. The first kappa shape index (κ1) is 11.7. The molecule has 2 nitrogen and oxygen atoms in total. The normalized spacial score (nSPS) is 24.2. The Kier molecular flexibility index (Phi) is 6.14. The van der Waals surface area contributed by atoms with Crippen molar-refractivity contribution in [2.75, 3.05) is 13.1 Å². The summed E-state index contributed by atoms with van der Waals surface area (Å²) in [4.78, 5) is 2.31. The first-order valence-corrected chi connectivity index (χ1v) is 4.49. The van der Waals surface area contributed by atoms with Crippen molar-refractivity contribution in [2.24, 2.45) is 0 Å². The summed E-state index contributed by atoms with van der Waals surface area (Å²) in [6, 6.07) is 2.91. The number of likely N-dealkylation sites (tertiary alicyclic amines) is 1. The molecule has 1 atom stereocenters. The van der Waals surface area contributed by atoms with Crippen molar-refractivity contribution in [1.82, 2.24) is 4.90 Å². The van der Waals surface area contributed by atoms with Crippen molar-refractivity contribution in [3.63, 3.8) is 0 Å². The molecule has 3 heteroatoms. The molecule has 0 spiro atoms. The van der Waals surface area contributed by atoms with Crippen LogP contribution in [-0.4, -0.2) is 24.0 Å². The molecule has 0 aromatic rings. The van der Waals surface area contributed by atoms with Gasteiger partial charge >= 0.3 is 0 Å². The Morgan fingerprint density at radius 1 is 1.50 bits per heavy atom. The van der Waals surface area contributed by atoms with E-state index in [9.17, 15) is 0 Å². The maximum atomic E-state index is 8.54. The zero-order chi connectivity index (χ0) is 8.10. The number of nitriles is 1. The maximum absolute atomic E-state index is 8.54. The fraction of sp³-hybridized carbons (Fsp3) is 0.889. The van der Waals surface area contributed by atoms with Gasteiger partial charge in [0.25, 0.3) is 0 Å². The van der Waals surface area contributed by atoms with Crippen molar-refractivity contribution in [1.29, 1.82) is 5.26 Å². The highest BCUT2D eigenvalue weighted by Gasteiger charge is 2.19. The van der Waals surface area contributed by atoms with Crippen LogP contribution in [-0.2, 0) is 0 Å². The molecule has 1 aliphatic rings. The predicted octanol–water partition coefficient (Wildman–Crippen LogP) is 2.20. The molecule has 1 saturated heterocycles. The Balaban J connectivity index is 0.00000121. The third-order valence-corrected chi connectivity index (χ3v) is 2.49. The zero-order valence-corrected chi connectivity index (χ0v) is 8.44. The molecule has 0 radical (unpaired) electrons. The van der Waals surface area contributed by atoms with Gasteiger partial charge in [0.15, 0.2) is 0 Å². The molecule has 12 heavy (non-hydrogen) atoms. The smallest absolute Gasteiger partial charge is 0.0868 e. The van der Waals surface area contributed by atoms with Gasteiger partial charge in [0.2, 0.25) is 0 Å². The Labute approximate surface area is 81.0 Å². The van der Waals surface area contributed by atoms with Gasteiger partial charge in [0.05, 0.1) is 12.6 Å². The van der Waals surface area contributed by atoms with Gasteiger partial charge in [-0.2, -0.15) is 5.26 Å². The summed E-state index contributed by atoms with van der Waals surface area (Å²) in [6.45, 7) is 3.96. The van der Waals surface area contributed by atoms with Crippen molar-refractivity contribution in [3.05, 3.63) is 0 Å². The van der Waals surface area contributed by atoms with Crippen LogP contribution >= 0.6 is 12.4 Å². The molecular formula is C9H17ClN2. The number of piperidine rings is 1. The van der Waals surface area contributed by atoms with Gasteiger partial charge in [-0.1, -0.05) is 13.3 Å². The highest BCUT2D eigenvalue weighted by Crippen LogP contribution is 2.18. The number of halogens is 1. The number of hydrogen-bond donors (Lipinski definition) is 0. The van der Waals surface area contributed by atoms with Crippen LogP contribution < -0.4 is 0 Å². The minimum absolute atomic E-state index is 0. The van der Waals surface area contributed by atoms with E-state index < -0.39 is 0 Å². The fourth-order valence-corrected chi connectivity index (χ4v) is 1.82. The third-order valence-electron chi connectivity index (χ3n) is 2.49. The van der Waals surface area contributed by atoms with Crippen LogP contribution in [0.3, 0.4) is 0 Å². The summed E-state index contributed by atoms with van der Waals surface area (Å²) in [5.41, 5.74) is 0. The quantitative estimate of drug-likeness (QED) is 0.622. The second kappa shape index (κ2) is 6.28. The van der Waals surface area contributed by atoms with Gasteiger partial charge in [0, 0.05) is 6.04 Å². The third kappa shape index (κ3) is 3.00. The van der Waals surface area contributed by atoms with E-state index in [1.54, 1.807) is 0 Å². The van der Waals surface area contributed by atoms with Crippen molar-refractivity contribution >= 4 is 12.4 Å². The van der Waals surface area contributed by atoms with Crippen LogP contribution in [0.5, 0.6) is 0 Å². The van der Waals surface area contributed by atoms with Crippen LogP contribution in [0.15, 0.2) is 0 Å². The monoisotopic (exact) mass is 188 g/mol. The first-order chi connectivity index (χ1) is 5.38. The lowest BCUT2D eigenvalue weighted by Crippen LogP contribution is -2.39. The van der Waals surface area contributed by atoms with Gasteiger partial charge in [-0.05, 0) is 25.8 Å². The van der Waals surface area contributed by atoms with E-state index in [0.717, 1.165) is 6.54 Å². The van der Waals surface area contributed by atoms with E-state index >= 15 is 0 Å². The van der Waals surface area contributed by atoms with Gasteiger partial charge < -0.3 is 0 Å². The maximum Gasteiger partial charge on any atom is 0.0868 e. The highest BCUT2D eigenvalue weighted by molar-refractivity contribution is 5.85. The number of hydrogen-bond acceptors (Lipinski definition) is 2. The van der Waals surface area contributed by atoms with E-state index in [2.05, 4.69) is 17.9 Å². The largest absolute Gasteiger partial charge is 0.288 e. The lowest BCUT2D eigenvalue weighted by Gasteiger charge is -2.33. The van der Waals surface area contributed by atoms with Crippen LogP contribution in [0.25, 0.3) is 0 Å². The summed E-state index contributed by atoms with van der Waals surface area (Å²) in [6.07, 6.45) is 5.11. The molecule has 0 saturated carbocycles. The summed E-state index contributed by atoms with van der Waals surface area (Å²) < 4.78 is 0. The molecule has 0 aromatic carbocycles. The molecule has 1 unspecified atom stereocenters. The Morgan fingerprint density at radius 2 is 2.25 bits per heavy atom. The molecule has 0 bridgehead atoms. The van der Waals surface area contributed by atoms with Crippen LogP contribution in [0.2, 0.25) is 0 Å². The van der Waals surface area contributed by atoms with Crippen LogP contribution in [0.4, 0.5) is 0 Å². The summed E-state index contributed by atoms with van der Waals surface area (Å²) >= 11 is 0. The molecule has 1 heterocycles. The fourth-order valence-electron chi connectivity index (χ4n) is 1.82. The zero-order valence-electron chi connectivity index (χ0n) is 7.62. The molecule has 0 aliphatic carbocycles. The second-order valence-electron chi connectivity index (χ2n) is 3.19. The van der Waals surface area contributed by atoms with Gasteiger partial charge in [-0.3, -0.25) is 4.90 Å². The molecule has 1 fully saturated rings. The van der Waals surface area contributed by atoms with Crippen molar-refractivity contribution < 1.29 is 0 Å². The standard InChI is InChI=1S/C9H16N2.ClH/c1-2-9-5-3-4-7-11(9)8-6-10;/h9H,2-5,7-8H2,1H3;1H. The topological polar surface area (TPSA) is 27.0 Å². The predicted molar refractivity (Wildman–Crippen MR) is 52.4 cm³/mol. The van der Waals surface area contributed by atoms with Crippen molar-refractivity contribution in [3.8, 4) is 6.07 Å². The van der Waals surface area contributed by atoms with E-state index in [1.807, 2.05) is 0 Å². The lowest BCUT2D eigenvalue weighted by molar-refractivity contribution is 0.163. The van der Waals surface area contributed by atoms with E-state index in [0.29, 0.717) is 12.6 Å². The molecule has 1 aliphatic heterocycles. The molecule has 70 valence electrons. The molecule has 0 amide bonds. The molecule has 0 aromatic heterocycles. The van der Waals surface area contributed by atoms with E-state index in [-0.39, 0.29) is 12.4 Å². The minimum Gasteiger partial charge on any atom is -0.288 e. The Bertz CT molecular complexity index is 153. The van der Waals surface area contributed by atoms with Crippen molar-refractivity contribution in [2.45, 2.75) is 38.6 Å². The summed E-state index contributed by atoms with van der Waals surface area (Å²) in [5.74, 6) is 0. The highest BCUT2D eigenvalue weighted by atomic mass is 35.5. The molecule has 1 rings (SSSR count). The van der Waals surface area contributed by atoms with E-state index in [4.69, 9.17) is 5.26 Å². The van der Waals surface area contributed by atoms with Crippen LogP contribution in [0.1, 0.15) is 32.6 Å². The average Bonchev–Trinajstić information content (AvgIpc) is 2.06. The molecule has 0 N–H and O–H groups in total. The van der Waals surface area contributed by atoms with Gasteiger partial charge in [-0.15, -0.1) is 12.4 Å². The number of nitrogens with zero attached hydrogens (tertiary/aromatic N) is 2. The Morgan fingerprint density at radius 3 is 2.83 bits per heavy atom.